The molecule has 1 aliphatic heterocycles. The smallest absolute Gasteiger partial charge is 0.219 e. The summed E-state index contributed by atoms with van der Waals surface area (Å²) in [6, 6.07) is 1.96. The van der Waals surface area contributed by atoms with Crippen molar-refractivity contribution in [3.8, 4) is 11.4 Å². The van der Waals surface area contributed by atoms with Crippen molar-refractivity contribution in [2.75, 3.05) is 13.1 Å². The number of carbonyl (C=O) groups excluding carboxylic acids is 1. The number of hydrogen-bond donors (Lipinski definition) is 0. The van der Waals surface area contributed by atoms with Crippen molar-refractivity contribution in [3.63, 3.8) is 0 Å². The van der Waals surface area contributed by atoms with Gasteiger partial charge >= 0.3 is 0 Å². The van der Waals surface area contributed by atoms with Crippen molar-refractivity contribution >= 4 is 5.91 Å². The van der Waals surface area contributed by atoms with Gasteiger partial charge in [0.15, 0.2) is 0 Å². The Bertz CT molecular complexity index is 666. The monoisotopic (exact) mass is 299 g/mol. The summed E-state index contributed by atoms with van der Waals surface area (Å²) in [6.45, 7) is 6.19. The molecule has 0 aliphatic carbocycles. The van der Waals surface area contributed by atoms with E-state index in [-0.39, 0.29) is 5.91 Å². The highest BCUT2D eigenvalue weighted by molar-refractivity contribution is 5.73. The van der Waals surface area contributed by atoms with Crippen LogP contribution in [0.15, 0.2) is 24.7 Å². The van der Waals surface area contributed by atoms with Crippen LogP contribution in [0.25, 0.3) is 11.4 Å². The summed E-state index contributed by atoms with van der Waals surface area (Å²) in [7, 11) is 0. The van der Waals surface area contributed by atoms with Crippen molar-refractivity contribution < 1.29 is 4.79 Å². The SMILES string of the molecule is CCn1nccc1-c1cncc(CC2CCN(C(C)=O)C2)n1. The molecule has 0 radical (unpaired) electrons. The van der Waals surface area contributed by atoms with Crippen LogP contribution < -0.4 is 0 Å². The second-order valence-electron chi connectivity index (χ2n) is 5.75. The lowest BCUT2D eigenvalue weighted by atomic mass is 10.0. The molecule has 1 unspecified atom stereocenters. The number of aryl methyl sites for hydroxylation is 1. The van der Waals surface area contributed by atoms with Gasteiger partial charge in [0.1, 0.15) is 5.69 Å². The molecule has 22 heavy (non-hydrogen) atoms. The highest BCUT2D eigenvalue weighted by atomic mass is 16.2. The zero-order chi connectivity index (χ0) is 15.5. The van der Waals surface area contributed by atoms with Crippen LogP contribution in [-0.4, -0.2) is 43.6 Å². The molecule has 2 aromatic heterocycles. The Kier molecular flexibility index (Phi) is 4.18. The first-order chi connectivity index (χ1) is 10.7. The Hall–Kier alpha value is -2.24. The van der Waals surface area contributed by atoms with E-state index in [1.165, 1.54) is 0 Å². The lowest BCUT2D eigenvalue weighted by molar-refractivity contribution is -0.127. The van der Waals surface area contributed by atoms with Gasteiger partial charge in [-0.05, 0) is 31.7 Å². The van der Waals surface area contributed by atoms with Crippen LogP contribution in [0.2, 0.25) is 0 Å². The average molecular weight is 299 g/mol. The van der Waals surface area contributed by atoms with Crippen molar-refractivity contribution in [1.82, 2.24) is 24.6 Å². The number of carbonyl (C=O) groups is 1. The number of amides is 1. The number of nitrogens with zero attached hydrogens (tertiary/aromatic N) is 5. The summed E-state index contributed by atoms with van der Waals surface area (Å²) >= 11 is 0. The molecule has 6 nitrogen and oxygen atoms in total. The van der Waals surface area contributed by atoms with E-state index in [1.807, 2.05) is 21.8 Å². The fourth-order valence-corrected chi connectivity index (χ4v) is 3.01. The molecule has 3 rings (SSSR count). The summed E-state index contributed by atoms with van der Waals surface area (Å²) in [5.74, 6) is 0.638. The van der Waals surface area contributed by atoms with Gasteiger partial charge in [-0.1, -0.05) is 0 Å². The topological polar surface area (TPSA) is 63.9 Å². The molecule has 6 heteroatoms. The molecule has 0 N–H and O–H groups in total. The minimum absolute atomic E-state index is 0.161. The van der Waals surface area contributed by atoms with Crippen molar-refractivity contribution in [2.24, 2.45) is 5.92 Å². The summed E-state index contributed by atoms with van der Waals surface area (Å²) in [5, 5.41) is 4.28. The fourth-order valence-electron chi connectivity index (χ4n) is 3.01. The van der Waals surface area contributed by atoms with E-state index in [2.05, 4.69) is 17.0 Å². The third kappa shape index (κ3) is 3.00. The molecule has 0 spiro atoms. The quantitative estimate of drug-likeness (QED) is 0.863. The van der Waals surface area contributed by atoms with Gasteiger partial charge in [-0.25, -0.2) is 4.98 Å². The molecule has 0 bridgehead atoms. The van der Waals surface area contributed by atoms with Gasteiger partial charge in [0.2, 0.25) is 5.91 Å². The van der Waals surface area contributed by atoms with E-state index >= 15 is 0 Å². The predicted molar refractivity (Wildman–Crippen MR) is 83.0 cm³/mol. The highest BCUT2D eigenvalue weighted by Gasteiger charge is 2.24. The van der Waals surface area contributed by atoms with Crippen molar-refractivity contribution in [3.05, 3.63) is 30.4 Å². The molecule has 1 saturated heterocycles. The number of likely N-dealkylation sites (tertiary alicyclic amines) is 1. The Morgan fingerprint density at radius 1 is 1.41 bits per heavy atom. The molecule has 0 saturated carbocycles. The van der Waals surface area contributed by atoms with Crippen molar-refractivity contribution in [2.45, 2.75) is 33.2 Å². The molecule has 1 aliphatic rings. The van der Waals surface area contributed by atoms with Gasteiger partial charge in [0.05, 0.1) is 17.6 Å². The van der Waals surface area contributed by atoms with Gasteiger partial charge in [-0.2, -0.15) is 5.10 Å². The van der Waals surface area contributed by atoms with Crippen LogP contribution in [0.5, 0.6) is 0 Å². The van der Waals surface area contributed by atoms with E-state index in [4.69, 9.17) is 4.98 Å². The highest BCUT2D eigenvalue weighted by Crippen LogP contribution is 2.21. The number of hydrogen-bond acceptors (Lipinski definition) is 4. The van der Waals surface area contributed by atoms with Crippen LogP contribution in [0.1, 0.15) is 26.0 Å². The van der Waals surface area contributed by atoms with Crippen LogP contribution in [0, 0.1) is 5.92 Å². The molecule has 1 fully saturated rings. The Morgan fingerprint density at radius 3 is 3.00 bits per heavy atom. The van der Waals surface area contributed by atoms with E-state index in [0.29, 0.717) is 5.92 Å². The van der Waals surface area contributed by atoms with Crippen LogP contribution in [-0.2, 0) is 17.8 Å². The molecule has 1 amide bonds. The van der Waals surface area contributed by atoms with E-state index in [9.17, 15) is 4.79 Å². The summed E-state index contributed by atoms with van der Waals surface area (Å²) in [5.41, 5.74) is 2.84. The molecular weight excluding hydrogens is 278 g/mol. The maximum Gasteiger partial charge on any atom is 0.219 e. The molecule has 2 aromatic rings. The van der Waals surface area contributed by atoms with Crippen LogP contribution in [0.4, 0.5) is 0 Å². The number of aromatic nitrogens is 4. The van der Waals surface area contributed by atoms with E-state index < -0.39 is 0 Å². The largest absolute Gasteiger partial charge is 0.343 e. The summed E-state index contributed by atoms with van der Waals surface area (Å²) in [6.07, 6.45) is 7.30. The molecule has 1 atom stereocenters. The first kappa shape index (κ1) is 14.7. The zero-order valence-corrected chi connectivity index (χ0v) is 13.1. The molecular formula is C16H21N5O. The number of rotatable bonds is 4. The lowest BCUT2D eigenvalue weighted by Gasteiger charge is -2.13. The van der Waals surface area contributed by atoms with Gasteiger partial charge in [0, 0.05) is 39.0 Å². The van der Waals surface area contributed by atoms with Gasteiger partial charge in [-0.3, -0.25) is 14.5 Å². The predicted octanol–water partition coefficient (Wildman–Crippen LogP) is 1.77. The van der Waals surface area contributed by atoms with Crippen molar-refractivity contribution in [1.29, 1.82) is 0 Å². The second kappa shape index (κ2) is 6.25. The van der Waals surface area contributed by atoms with E-state index in [1.54, 1.807) is 19.3 Å². The second-order valence-corrected chi connectivity index (χ2v) is 5.75. The summed E-state index contributed by atoms with van der Waals surface area (Å²) in [4.78, 5) is 22.4. The van der Waals surface area contributed by atoms with Gasteiger partial charge < -0.3 is 4.90 Å². The minimum atomic E-state index is 0.161. The summed E-state index contributed by atoms with van der Waals surface area (Å²) < 4.78 is 1.92. The van der Waals surface area contributed by atoms with Gasteiger partial charge in [0.25, 0.3) is 0 Å². The first-order valence-electron chi connectivity index (χ1n) is 7.76. The zero-order valence-electron chi connectivity index (χ0n) is 13.1. The van der Waals surface area contributed by atoms with Crippen LogP contribution in [0.3, 0.4) is 0 Å². The van der Waals surface area contributed by atoms with E-state index in [0.717, 1.165) is 49.6 Å². The van der Waals surface area contributed by atoms with Crippen LogP contribution >= 0.6 is 0 Å². The van der Waals surface area contributed by atoms with Gasteiger partial charge in [-0.15, -0.1) is 0 Å². The maximum atomic E-state index is 11.4. The Labute approximate surface area is 130 Å². The lowest BCUT2D eigenvalue weighted by Crippen LogP contribution is -2.26. The molecule has 0 aromatic carbocycles. The average Bonchev–Trinajstić information content (AvgIpc) is 3.16. The Balaban J connectivity index is 1.74. The maximum absolute atomic E-state index is 11.4. The molecule has 3 heterocycles. The minimum Gasteiger partial charge on any atom is -0.343 e. The normalized spacial score (nSPS) is 17.9. The third-order valence-electron chi connectivity index (χ3n) is 4.19. The Morgan fingerprint density at radius 2 is 2.27 bits per heavy atom. The first-order valence-corrected chi connectivity index (χ1v) is 7.76. The standard InChI is InChI=1S/C16H21N5O/c1-3-21-16(4-6-18-21)15-10-17-9-14(19-15)8-13-5-7-20(11-13)12(2)22/h4,6,9-10,13H,3,5,7-8,11H2,1-2H3. The third-order valence-corrected chi connectivity index (χ3v) is 4.19. The fraction of sp³-hybridized carbons (Fsp3) is 0.500. The molecule has 116 valence electrons.